The fraction of sp³-hybridized carbons (Fsp3) is 0.500. The van der Waals surface area contributed by atoms with Gasteiger partial charge in [0.15, 0.2) is 12.2 Å². The van der Waals surface area contributed by atoms with Crippen LogP contribution in [0.15, 0.2) is 0 Å². The van der Waals surface area contributed by atoms with E-state index in [0.29, 0.717) is 0 Å². The first-order chi connectivity index (χ1) is 4.46. The second kappa shape index (κ2) is 5.81. The van der Waals surface area contributed by atoms with E-state index in [1.807, 2.05) is 0 Å². The van der Waals surface area contributed by atoms with E-state index in [2.05, 4.69) is 0 Å². The van der Waals surface area contributed by atoms with Crippen LogP contribution in [-0.4, -0.2) is 44.6 Å². The number of carbonyl (C=O) groups is 2. The van der Waals surface area contributed by atoms with Crippen molar-refractivity contribution in [1.29, 1.82) is 0 Å². The molecule has 0 fully saturated rings. The Labute approximate surface area is 94.4 Å². The van der Waals surface area contributed by atoms with Crippen LogP contribution in [0.4, 0.5) is 0 Å². The second-order valence-electron chi connectivity index (χ2n) is 1.57. The molecular formula is C4H6NdO6. The van der Waals surface area contributed by atoms with Crippen LogP contribution >= 0.6 is 0 Å². The van der Waals surface area contributed by atoms with E-state index < -0.39 is 24.1 Å². The molecule has 0 rings (SSSR count). The van der Waals surface area contributed by atoms with Crippen molar-refractivity contribution in [3.63, 3.8) is 0 Å². The Morgan fingerprint density at radius 2 is 1.09 bits per heavy atom. The van der Waals surface area contributed by atoms with Crippen molar-refractivity contribution in [3.8, 4) is 0 Å². The Balaban J connectivity index is 0. The summed E-state index contributed by atoms with van der Waals surface area (Å²) in [5, 5.41) is 32.5. The number of aliphatic hydroxyl groups excluding tert-OH is 2. The molecule has 4 N–H and O–H groups in total. The van der Waals surface area contributed by atoms with Gasteiger partial charge in [-0.05, 0) is 0 Å². The molecule has 2 unspecified atom stereocenters. The van der Waals surface area contributed by atoms with E-state index in [1.165, 1.54) is 0 Å². The average molecular weight is 294 g/mol. The van der Waals surface area contributed by atoms with Crippen molar-refractivity contribution in [1.82, 2.24) is 0 Å². The van der Waals surface area contributed by atoms with Gasteiger partial charge in [-0.2, -0.15) is 0 Å². The van der Waals surface area contributed by atoms with Crippen LogP contribution in [0.3, 0.4) is 0 Å². The molecule has 0 radical (unpaired) electrons. The molecular weight excluding hydrogens is 288 g/mol. The molecule has 0 aromatic heterocycles. The summed E-state index contributed by atoms with van der Waals surface area (Å²) in [7, 11) is 0. The van der Waals surface area contributed by atoms with Gasteiger partial charge in [-0.15, -0.1) is 0 Å². The van der Waals surface area contributed by atoms with Crippen molar-refractivity contribution < 1.29 is 70.9 Å². The molecule has 0 saturated carbocycles. The summed E-state index contributed by atoms with van der Waals surface area (Å²) in [6.07, 6.45) is -4.53. The normalized spacial score (nSPS) is 14.4. The summed E-state index contributed by atoms with van der Waals surface area (Å²) in [5.41, 5.74) is 0. The van der Waals surface area contributed by atoms with Crippen LogP contribution < -0.4 is 0 Å². The minimum atomic E-state index is -2.27. The number of rotatable bonds is 3. The summed E-state index contributed by atoms with van der Waals surface area (Å²) >= 11 is 0. The van der Waals surface area contributed by atoms with Crippen molar-refractivity contribution in [2.75, 3.05) is 0 Å². The van der Waals surface area contributed by atoms with E-state index in [0.717, 1.165) is 0 Å². The van der Waals surface area contributed by atoms with Gasteiger partial charge < -0.3 is 20.4 Å². The minimum Gasteiger partial charge on any atom is -0.479 e. The molecule has 0 aromatic rings. The average Bonchev–Trinajstić information content (AvgIpc) is 1.84. The molecule has 2 atom stereocenters. The maximum atomic E-state index is 9.77. The third kappa shape index (κ3) is 4.62. The number of hydrogen-bond donors (Lipinski definition) is 4. The van der Waals surface area contributed by atoms with E-state index in [9.17, 15) is 9.59 Å². The van der Waals surface area contributed by atoms with Crippen LogP contribution in [0.1, 0.15) is 0 Å². The predicted octanol–water partition coefficient (Wildman–Crippen LogP) is -2.12. The predicted molar refractivity (Wildman–Crippen MR) is 27.3 cm³/mol. The fourth-order valence-electron chi connectivity index (χ4n) is 0.270. The summed E-state index contributed by atoms with van der Waals surface area (Å²) in [5.74, 6) is -3.54. The minimum absolute atomic E-state index is 0. The largest absolute Gasteiger partial charge is 0.479 e. The number of carboxylic acid groups (broad SMARTS) is 2. The van der Waals surface area contributed by atoms with Crippen LogP contribution in [0.25, 0.3) is 0 Å². The zero-order valence-corrected chi connectivity index (χ0v) is 8.47. The van der Waals surface area contributed by atoms with Crippen LogP contribution in [-0.2, 0) is 9.59 Å². The molecule has 0 aliphatic heterocycles. The third-order valence-electron chi connectivity index (χ3n) is 0.805. The Morgan fingerprint density at radius 1 is 0.909 bits per heavy atom. The molecule has 0 bridgehead atoms. The van der Waals surface area contributed by atoms with Gasteiger partial charge in [0, 0.05) is 40.8 Å². The number of carboxylic acids is 2. The quantitative estimate of drug-likeness (QED) is 0.473. The summed E-state index contributed by atoms with van der Waals surface area (Å²) in [6, 6.07) is 0. The van der Waals surface area contributed by atoms with Gasteiger partial charge in [-0.1, -0.05) is 0 Å². The van der Waals surface area contributed by atoms with Crippen molar-refractivity contribution >= 4 is 11.9 Å². The molecule has 0 spiro atoms. The first-order valence-electron chi connectivity index (χ1n) is 2.28. The summed E-state index contributed by atoms with van der Waals surface area (Å²) < 4.78 is 0. The van der Waals surface area contributed by atoms with Gasteiger partial charge in [0.1, 0.15) is 0 Å². The van der Waals surface area contributed by atoms with E-state index in [1.54, 1.807) is 0 Å². The zero-order valence-electron chi connectivity index (χ0n) is 5.26. The van der Waals surface area contributed by atoms with E-state index in [-0.39, 0.29) is 40.8 Å². The Bertz CT molecular complexity index is 139. The molecule has 7 heteroatoms. The third-order valence-corrected chi connectivity index (χ3v) is 0.805. The Morgan fingerprint density at radius 3 is 1.18 bits per heavy atom. The number of hydrogen-bond acceptors (Lipinski definition) is 4. The summed E-state index contributed by atoms with van der Waals surface area (Å²) in [4.78, 5) is 19.5. The van der Waals surface area contributed by atoms with E-state index >= 15 is 0 Å². The topological polar surface area (TPSA) is 115 Å². The molecule has 0 amide bonds. The monoisotopic (exact) mass is 292 g/mol. The van der Waals surface area contributed by atoms with Crippen molar-refractivity contribution in [2.24, 2.45) is 0 Å². The van der Waals surface area contributed by atoms with Gasteiger partial charge in [0.2, 0.25) is 0 Å². The molecule has 11 heavy (non-hydrogen) atoms. The Kier molecular flexibility index (Phi) is 7.28. The maximum Gasteiger partial charge on any atom is 0.335 e. The maximum absolute atomic E-state index is 9.77. The van der Waals surface area contributed by atoms with Crippen molar-refractivity contribution in [2.45, 2.75) is 12.2 Å². The Hall–Kier alpha value is 0.211. The smallest absolute Gasteiger partial charge is 0.335 e. The van der Waals surface area contributed by atoms with Gasteiger partial charge in [0.25, 0.3) is 0 Å². The molecule has 62 valence electrons. The molecule has 0 heterocycles. The van der Waals surface area contributed by atoms with Crippen molar-refractivity contribution in [3.05, 3.63) is 0 Å². The molecule has 0 saturated heterocycles. The first-order valence-corrected chi connectivity index (χ1v) is 2.28. The summed E-state index contributed by atoms with van der Waals surface area (Å²) in [6.45, 7) is 0. The second-order valence-corrected chi connectivity index (χ2v) is 1.57. The zero-order chi connectivity index (χ0) is 8.31. The number of aliphatic hydroxyl groups is 2. The molecule has 0 aromatic carbocycles. The SMILES string of the molecule is O=C(O)C(O)C(O)C(=O)O.[Nd]. The van der Waals surface area contributed by atoms with Gasteiger partial charge >= 0.3 is 11.9 Å². The van der Waals surface area contributed by atoms with Crippen LogP contribution in [0.5, 0.6) is 0 Å². The van der Waals surface area contributed by atoms with Gasteiger partial charge in [0.05, 0.1) is 0 Å². The molecule has 0 aliphatic rings. The van der Waals surface area contributed by atoms with Crippen LogP contribution in [0, 0.1) is 40.8 Å². The molecule has 6 nitrogen and oxygen atoms in total. The number of aliphatic carboxylic acids is 2. The fourth-order valence-corrected chi connectivity index (χ4v) is 0.270. The van der Waals surface area contributed by atoms with Gasteiger partial charge in [-0.25, -0.2) is 9.59 Å². The van der Waals surface area contributed by atoms with Crippen LogP contribution in [0.2, 0.25) is 0 Å². The standard InChI is InChI=1S/C4H6O6.Nd/c5-1(3(7)8)2(6)4(9)10;/h1-2,5-6H,(H,7,8)(H,9,10);. The molecule has 0 aliphatic carbocycles. The van der Waals surface area contributed by atoms with E-state index in [4.69, 9.17) is 20.4 Å². The van der Waals surface area contributed by atoms with Gasteiger partial charge in [-0.3, -0.25) is 0 Å². The first kappa shape index (κ1) is 13.8.